The van der Waals surface area contributed by atoms with Crippen LogP contribution in [-0.2, 0) is 25.6 Å². The molecule has 42 heavy (non-hydrogen) atoms. The summed E-state index contributed by atoms with van der Waals surface area (Å²) in [7, 11) is 6.63. The summed E-state index contributed by atoms with van der Waals surface area (Å²) in [4.78, 5) is 82.4. The third kappa shape index (κ3) is 4.02. The number of nitrogens with zero attached hydrogens (tertiary/aromatic N) is 2. The van der Waals surface area contributed by atoms with Crippen LogP contribution in [0.15, 0.2) is 30.3 Å². The summed E-state index contributed by atoms with van der Waals surface area (Å²) in [5.74, 6) is -11.2. The van der Waals surface area contributed by atoms with E-state index >= 15 is 0 Å². The molecule has 1 amide bonds. The summed E-state index contributed by atoms with van der Waals surface area (Å²) in [5.41, 5.74) is 4.76. The van der Waals surface area contributed by atoms with E-state index in [2.05, 4.69) is 0 Å². The van der Waals surface area contributed by atoms with Gasteiger partial charge in [0.15, 0.2) is 40.4 Å². The van der Waals surface area contributed by atoms with Crippen LogP contribution in [-0.4, -0.2) is 89.8 Å². The number of Topliss-reactive ketones (excluding diaryl/α,β-unsaturated/α-hetero) is 5. The Morgan fingerprint density at radius 1 is 1.02 bits per heavy atom. The molecule has 4 N–H and O–H groups in total. The first-order valence-electron chi connectivity index (χ1n) is 13.6. The molecule has 0 radical (unpaired) electrons. The Hall–Kier alpha value is -4.22. The van der Waals surface area contributed by atoms with Crippen molar-refractivity contribution in [2.24, 2.45) is 29.4 Å². The molecule has 3 aliphatic carbocycles. The molecule has 6 atom stereocenters. The van der Waals surface area contributed by atoms with Crippen molar-refractivity contribution in [1.82, 2.24) is 4.90 Å². The number of amides is 1. The van der Waals surface area contributed by atoms with Crippen molar-refractivity contribution in [3.05, 3.63) is 47.0 Å². The number of rotatable bonds is 5. The zero-order chi connectivity index (χ0) is 31.0. The first kappa shape index (κ1) is 29.3. The van der Waals surface area contributed by atoms with E-state index in [0.717, 1.165) is 0 Å². The maximum atomic E-state index is 14.2. The van der Waals surface area contributed by atoms with Crippen molar-refractivity contribution < 1.29 is 39.0 Å². The van der Waals surface area contributed by atoms with E-state index in [0.29, 0.717) is 22.4 Å². The largest absolute Gasteiger partial charge is 0.507 e. The van der Waals surface area contributed by atoms with Gasteiger partial charge in [0.05, 0.1) is 17.5 Å². The molecule has 220 valence electrons. The SMILES string of the molecule is CC(=O)c1cccc(-c2cc(N(C)C)c3c(c2O)C(=O)C2C(=O)[C@]4(O)C(=O)C(C(N)=O)C(=O)[C@@H](N(C)C)[C@@H]4C[C@@H]2C3)c1. The quantitative estimate of drug-likeness (QED) is 0.342. The number of aliphatic hydroxyl groups is 1. The highest BCUT2D eigenvalue weighted by molar-refractivity contribution is 6.32. The van der Waals surface area contributed by atoms with Crippen molar-refractivity contribution in [2.75, 3.05) is 33.1 Å². The van der Waals surface area contributed by atoms with Gasteiger partial charge in [-0.3, -0.25) is 33.7 Å². The first-order chi connectivity index (χ1) is 19.6. The summed E-state index contributed by atoms with van der Waals surface area (Å²) in [6.07, 6.45) is 0.126. The highest BCUT2D eigenvalue weighted by Crippen LogP contribution is 2.53. The topological polar surface area (TPSA) is 175 Å². The smallest absolute Gasteiger partial charge is 0.235 e. The number of anilines is 1. The van der Waals surface area contributed by atoms with Crippen LogP contribution in [0.2, 0.25) is 0 Å². The van der Waals surface area contributed by atoms with Crippen LogP contribution in [0.5, 0.6) is 5.75 Å². The summed E-state index contributed by atoms with van der Waals surface area (Å²) in [5, 5.41) is 23.3. The van der Waals surface area contributed by atoms with Gasteiger partial charge in [0.25, 0.3) is 0 Å². The fraction of sp³-hybridized carbons (Fsp3) is 0.419. The van der Waals surface area contributed by atoms with Crippen molar-refractivity contribution in [2.45, 2.75) is 31.4 Å². The number of primary amides is 1. The van der Waals surface area contributed by atoms with E-state index in [4.69, 9.17) is 5.73 Å². The molecule has 11 heteroatoms. The Morgan fingerprint density at radius 2 is 1.69 bits per heavy atom. The van der Waals surface area contributed by atoms with E-state index in [1.807, 2.05) is 0 Å². The number of hydrogen-bond acceptors (Lipinski definition) is 10. The van der Waals surface area contributed by atoms with Gasteiger partial charge in [0, 0.05) is 36.8 Å². The molecule has 2 aromatic rings. The fourth-order valence-electron chi connectivity index (χ4n) is 7.18. The number of phenols is 1. The van der Waals surface area contributed by atoms with Gasteiger partial charge in [-0.1, -0.05) is 18.2 Å². The van der Waals surface area contributed by atoms with Gasteiger partial charge >= 0.3 is 0 Å². The van der Waals surface area contributed by atoms with E-state index in [9.17, 15) is 39.0 Å². The third-order valence-corrected chi connectivity index (χ3v) is 9.10. The number of nitrogens with two attached hydrogens (primary N) is 1. The van der Waals surface area contributed by atoms with Gasteiger partial charge in [-0.05, 0) is 63.0 Å². The molecule has 3 aliphatic rings. The monoisotopic (exact) mass is 575 g/mol. The zero-order valence-electron chi connectivity index (χ0n) is 24.0. The van der Waals surface area contributed by atoms with E-state index in [1.54, 1.807) is 63.4 Å². The number of benzene rings is 2. The number of carbonyl (C=O) groups excluding carboxylic acids is 6. The van der Waals surface area contributed by atoms with Crippen molar-refractivity contribution in [1.29, 1.82) is 0 Å². The molecule has 0 aromatic heterocycles. The van der Waals surface area contributed by atoms with Crippen LogP contribution in [0.3, 0.4) is 0 Å². The molecule has 0 saturated heterocycles. The zero-order valence-corrected chi connectivity index (χ0v) is 24.0. The summed E-state index contributed by atoms with van der Waals surface area (Å²) in [6, 6.07) is 7.13. The lowest BCUT2D eigenvalue weighted by Gasteiger charge is -2.52. The molecule has 0 aliphatic heterocycles. The molecular formula is C31H33N3O8. The first-order valence-corrected chi connectivity index (χ1v) is 13.6. The lowest BCUT2D eigenvalue weighted by atomic mass is 9.52. The van der Waals surface area contributed by atoms with E-state index < -0.39 is 64.4 Å². The number of aromatic hydroxyl groups is 1. The highest BCUT2D eigenvalue weighted by atomic mass is 16.3. The number of carbonyl (C=O) groups is 6. The van der Waals surface area contributed by atoms with Crippen LogP contribution < -0.4 is 10.6 Å². The van der Waals surface area contributed by atoms with Crippen molar-refractivity contribution in [3.8, 4) is 16.9 Å². The number of hydrogen-bond donors (Lipinski definition) is 3. The molecule has 2 unspecified atom stereocenters. The average molecular weight is 576 g/mol. The summed E-state index contributed by atoms with van der Waals surface area (Å²) < 4.78 is 0. The summed E-state index contributed by atoms with van der Waals surface area (Å²) in [6.45, 7) is 1.41. The van der Waals surface area contributed by atoms with Crippen molar-refractivity contribution >= 4 is 40.5 Å². The number of fused-ring (bicyclic) bond motifs is 3. The average Bonchev–Trinajstić information content (AvgIpc) is 2.90. The minimum absolute atomic E-state index is 0.0278. The van der Waals surface area contributed by atoms with E-state index in [-0.39, 0.29) is 35.5 Å². The minimum Gasteiger partial charge on any atom is -0.507 e. The Labute approximate surface area is 242 Å². The highest BCUT2D eigenvalue weighted by Gasteiger charge is 2.69. The van der Waals surface area contributed by atoms with Gasteiger partial charge in [-0.15, -0.1) is 0 Å². The van der Waals surface area contributed by atoms with Crippen LogP contribution in [0.4, 0.5) is 5.69 Å². The second-order valence-corrected chi connectivity index (χ2v) is 12.0. The molecule has 2 saturated carbocycles. The van der Waals surface area contributed by atoms with Gasteiger partial charge in [-0.25, -0.2) is 0 Å². The molecule has 5 rings (SSSR count). The minimum atomic E-state index is -2.79. The summed E-state index contributed by atoms with van der Waals surface area (Å²) >= 11 is 0. The van der Waals surface area contributed by atoms with Crippen LogP contribution >= 0.6 is 0 Å². The van der Waals surface area contributed by atoms with Gasteiger partial charge in [-0.2, -0.15) is 0 Å². The molecule has 2 aromatic carbocycles. The lowest BCUT2D eigenvalue weighted by molar-refractivity contribution is -0.181. The predicted molar refractivity (Wildman–Crippen MR) is 151 cm³/mol. The Morgan fingerprint density at radius 3 is 2.26 bits per heavy atom. The second-order valence-electron chi connectivity index (χ2n) is 12.0. The number of phenolic OH excluding ortho intramolecular Hbond substituents is 1. The van der Waals surface area contributed by atoms with Crippen LogP contribution in [0.1, 0.15) is 39.6 Å². The molecule has 2 fully saturated rings. The second kappa shape index (κ2) is 9.95. The molecule has 0 heterocycles. The molecule has 11 nitrogen and oxygen atoms in total. The molecule has 0 spiro atoms. The Kier molecular flexibility index (Phi) is 6.94. The maximum absolute atomic E-state index is 14.2. The normalized spacial score (nSPS) is 28.7. The number of likely N-dealkylation sites (N-methyl/N-ethyl adjacent to an activating group) is 1. The predicted octanol–water partition coefficient (Wildman–Crippen LogP) is 0.803. The van der Waals surface area contributed by atoms with Crippen LogP contribution in [0, 0.1) is 23.7 Å². The third-order valence-electron chi connectivity index (χ3n) is 9.10. The molecule has 0 bridgehead atoms. The maximum Gasteiger partial charge on any atom is 0.235 e. The van der Waals surface area contributed by atoms with E-state index in [1.165, 1.54) is 11.8 Å². The fourth-order valence-corrected chi connectivity index (χ4v) is 7.18. The standard InChI is InChI=1S/C31H33N3O8/c1-13(35)14-7-6-8-15(9-14)17-12-20(33(2)3)18-10-16-11-19-24(34(4)5)27(38)23(30(32)41)29(40)31(19,42)28(39)21(16)26(37)22(18)25(17)36/h6-9,12,16,19,21,23-24,36,42H,10-11H2,1-5H3,(H2,32,41)/t16-,19-,21?,23?,24-,31-/m0/s1. The lowest BCUT2D eigenvalue weighted by Crippen LogP contribution is -2.74. The molecular weight excluding hydrogens is 542 g/mol. The number of ketones is 5. The van der Waals surface area contributed by atoms with Gasteiger partial charge in [0.2, 0.25) is 5.91 Å². The van der Waals surface area contributed by atoms with Gasteiger partial charge in [0.1, 0.15) is 5.75 Å². The van der Waals surface area contributed by atoms with Gasteiger partial charge < -0.3 is 20.8 Å². The van der Waals surface area contributed by atoms with Crippen LogP contribution in [0.25, 0.3) is 11.1 Å². The Balaban J connectivity index is 1.69. The Bertz CT molecular complexity index is 1590. The van der Waals surface area contributed by atoms with Crippen molar-refractivity contribution in [3.63, 3.8) is 0 Å².